The van der Waals surface area contributed by atoms with Gasteiger partial charge in [-0.2, -0.15) is 11.8 Å². The molecule has 7 N–H and O–H groups in total. The average molecular weight is 415 g/mol. The number of thioether (sulfide) groups is 2. The largest absolute Gasteiger partial charge is 0.481 e. The highest BCUT2D eigenvalue weighted by molar-refractivity contribution is 7.99. The van der Waals surface area contributed by atoms with E-state index in [2.05, 4.69) is 15.2 Å². The van der Waals surface area contributed by atoms with Gasteiger partial charge < -0.3 is 26.7 Å². The molecule has 2 aliphatic carbocycles. The first-order valence-electron chi connectivity index (χ1n) is 8.28. The van der Waals surface area contributed by atoms with Gasteiger partial charge in [0.15, 0.2) is 10.9 Å². The zero-order chi connectivity index (χ0) is 20.0. The van der Waals surface area contributed by atoms with E-state index in [0.29, 0.717) is 17.3 Å². The van der Waals surface area contributed by atoms with E-state index in [9.17, 15) is 24.6 Å². The van der Waals surface area contributed by atoms with Gasteiger partial charge >= 0.3 is 11.9 Å². The molecule has 10 nitrogen and oxygen atoms in total. The van der Waals surface area contributed by atoms with Gasteiger partial charge in [0.05, 0.1) is 17.5 Å². The van der Waals surface area contributed by atoms with Crippen molar-refractivity contribution in [3.8, 4) is 0 Å². The molecule has 6 atom stereocenters. The fraction of sp³-hybridized carbons (Fsp3) is 0.667. The Morgan fingerprint density at radius 3 is 2.67 bits per heavy atom. The molecule has 2 aliphatic rings. The molecule has 2 saturated carbocycles. The van der Waals surface area contributed by atoms with Crippen molar-refractivity contribution < 1.29 is 24.6 Å². The molecule has 12 heteroatoms. The van der Waals surface area contributed by atoms with Crippen LogP contribution in [-0.2, 0) is 14.4 Å². The van der Waals surface area contributed by atoms with Gasteiger partial charge in [-0.3, -0.25) is 14.4 Å². The maximum atomic E-state index is 13.1. The number of nitrogens with zero attached hydrogens (tertiary/aromatic N) is 2. The summed E-state index contributed by atoms with van der Waals surface area (Å²) in [5, 5.41) is 27.0. The van der Waals surface area contributed by atoms with Gasteiger partial charge in [-0.15, -0.1) is 10.2 Å². The molecular weight excluding hydrogens is 394 g/mol. The van der Waals surface area contributed by atoms with Crippen molar-refractivity contribution in [3.05, 3.63) is 6.33 Å². The lowest BCUT2D eigenvalue weighted by Gasteiger charge is -2.34. The van der Waals surface area contributed by atoms with Crippen molar-refractivity contribution in [2.45, 2.75) is 34.8 Å². The number of hydrogen-bond donors (Lipinski definition) is 5. The smallest absolute Gasteiger partial charge is 0.319 e. The molecule has 6 unspecified atom stereocenters. The summed E-state index contributed by atoms with van der Waals surface area (Å²) in [4.78, 5) is 40.0. The zero-order valence-corrected chi connectivity index (χ0v) is 16.1. The number of carbonyl (C=O) groups is 3. The van der Waals surface area contributed by atoms with Crippen LogP contribution in [0.1, 0.15) is 12.8 Å². The fourth-order valence-electron chi connectivity index (χ4n) is 4.37. The van der Waals surface area contributed by atoms with Crippen LogP contribution in [0.4, 0.5) is 0 Å². The van der Waals surface area contributed by atoms with Crippen LogP contribution in [-0.4, -0.2) is 72.0 Å². The summed E-state index contributed by atoms with van der Waals surface area (Å²) >= 11 is 2.65. The molecule has 1 aromatic rings. The van der Waals surface area contributed by atoms with Crippen LogP contribution < -0.4 is 11.5 Å². The first-order valence-corrected chi connectivity index (χ1v) is 10.6. The van der Waals surface area contributed by atoms with E-state index in [4.69, 9.17) is 11.5 Å². The van der Waals surface area contributed by atoms with Crippen molar-refractivity contribution in [3.63, 3.8) is 0 Å². The highest BCUT2D eigenvalue weighted by Gasteiger charge is 2.86. The summed E-state index contributed by atoms with van der Waals surface area (Å²) < 4.78 is 0. The molecule has 148 valence electrons. The second kappa shape index (κ2) is 7.08. The van der Waals surface area contributed by atoms with Crippen LogP contribution in [0, 0.1) is 17.3 Å². The zero-order valence-electron chi connectivity index (χ0n) is 14.5. The van der Waals surface area contributed by atoms with Gasteiger partial charge in [0.2, 0.25) is 0 Å². The number of aromatic amines is 1. The quantitative estimate of drug-likeness (QED) is 0.325. The predicted molar refractivity (Wildman–Crippen MR) is 98.2 cm³/mol. The number of H-pyrrole nitrogens is 1. The van der Waals surface area contributed by atoms with E-state index in [-0.39, 0.29) is 6.42 Å². The summed E-state index contributed by atoms with van der Waals surface area (Å²) in [5.41, 5.74) is 8.64. The molecule has 1 aromatic heterocycles. The van der Waals surface area contributed by atoms with Crippen LogP contribution in [0.15, 0.2) is 11.5 Å². The lowest BCUT2D eigenvalue weighted by molar-refractivity contribution is -0.158. The summed E-state index contributed by atoms with van der Waals surface area (Å²) in [6, 6.07) is -1.02. The maximum Gasteiger partial charge on any atom is 0.319 e. The Kier molecular flexibility index (Phi) is 5.27. The Morgan fingerprint density at radius 2 is 2.15 bits per heavy atom. The Hall–Kier alpha value is -1.63. The predicted octanol–water partition coefficient (Wildman–Crippen LogP) is -0.582. The molecule has 27 heavy (non-hydrogen) atoms. The molecule has 0 amide bonds. The van der Waals surface area contributed by atoms with Crippen molar-refractivity contribution >= 4 is 41.2 Å². The molecular formula is C15H21N5O5S2. The molecule has 0 radical (unpaired) electrons. The van der Waals surface area contributed by atoms with E-state index in [1.165, 1.54) is 18.1 Å². The van der Waals surface area contributed by atoms with Crippen molar-refractivity contribution in [1.82, 2.24) is 15.2 Å². The molecule has 0 bridgehead atoms. The Balaban J connectivity index is 1.98. The Bertz CT molecular complexity index is 762. The lowest BCUT2D eigenvalue weighted by atomic mass is 9.70. The minimum Gasteiger partial charge on any atom is -0.481 e. The molecule has 3 rings (SSSR count). The molecule has 0 aromatic carbocycles. The Morgan fingerprint density at radius 1 is 1.44 bits per heavy atom. The minimum absolute atomic E-state index is 0.0928. The highest BCUT2D eigenvalue weighted by atomic mass is 32.2. The third-order valence-electron chi connectivity index (χ3n) is 5.64. The topological polar surface area (TPSA) is 185 Å². The van der Waals surface area contributed by atoms with Gasteiger partial charge in [0.1, 0.15) is 11.7 Å². The molecule has 1 heterocycles. The van der Waals surface area contributed by atoms with Gasteiger partial charge in [-0.25, -0.2) is 0 Å². The number of nitrogens with one attached hydrogen (secondary N) is 1. The fourth-order valence-corrected chi connectivity index (χ4v) is 6.22. The molecule has 0 saturated heterocycles. The van der Waals surface area contributed by atoms with Crippen molar-refractivity contribution in [2.24, 2.45) is 28.7 Å². The van der Waals surface area contributed by atoms with E-state index < -0.39 is 51.8 Å². The maximum absolute atomic E-state index is 13.1. The van der Waals surface area contributed by atoms with Crippen LogP contribution in [0.3, 0.4) is 0 Å². The van der Waals surface area contributed by atoms with E-state index in [1.54, 1.807) is 0 Å². The van der Waals surface area contributed by atoms with Crippen molar-refractivity contribution in [2.75, 3.05) is 12.0 Å². The number of hydrogen-bond acceptors (Lipinski definition) is 9. The third kappa shape index (κ3) is 2.85. The normalized spacial score (nSPS) is 35.4. The number of fused-ring (bicyclic) bond motifs is 1. The second-order valence-corrected chi connectivity index (χ2v) is 9.11. The number of nitrogens with two attached hydrogens (primary N) is 2. The number of aliphatic carboxylic acids is 2. The first-order chi connectivity index (χ1) is 12.7. The van der Waals surface area contributed by atoms with Gasteiger partial charge in [0.25, 0.3) is 0 Å². The number of carboxylic acids is 2. The number of rotatable bonds is 9. The van der Waals surface area contributed by atoms with Crippen LogP contribution in [0.5, 0.6) is 0 Å². The monoisotopic (exact) mass is 415 g/mol. The number of aromatic nitrogens is 3. The minimum atomic E-state index is -2.03. The van der Waals surface area contributed by atoms with Gasteiger partial charge in [0, 0.05) is 11.2 Å². The average Bonchev–Trinajstić information content (AvgIpc) is 2.92. The van der Waals surface area contributed by atoms with Crippen molar-refractivity contribution in [1.29, 1.82) is 0 Å². The van der Waals surface area contributed by atoms with Crippen LogP contribution in [0.25, 0.3) is 0 Å². The SMILES string of the molecule is CSCCC(N)C(=O)C1(C(=O)O)CC(Sc2nnc[nH]2)C2C(C(=O)O)C21N. The highest BCUT2D eigenvalue weighted by Crippen LogP contribution is 2.71. The van der Waals surface area contributed by atoms with Gasteiger partial charge in [-0.05, 0) is 24.9 Å². The summed E-state index contributed by atoms with van der Waals surface area (Å²) in [7, 11) is 0. The summed E-state index contributed by atoms with van der Waals surface area (Å²) in [5.74, 6) is -4.52. The number of Topliss-reactive ketones (excluding diaryl/α,β-unsaturated/α-hetero) is 1. The van der Waals surface area contributed by atoms with E-state index >= 15 is 0 Å². The summed E-state index contributed by atoms with van der Waals surface area (Å²) in [6.07, 6.45) is 3.42. The number of ketones is 1. The van der Waals surface area contributed by atoms with E-state index in [1.807, 2.05) is 6.26 Å². The van der Waals surface area contributed by atoms with Crippen LogP contribution >= 0.6 is 23.5 Å². The number of carboxylic acid groups (broad SMARTS) is 2. The Labute approximate surface area is 163 Å². The van der Waals surface area contributed by atoms with E-state index in [0.717, 1.165) is 11.8 Å². The standard InChI is InChI=1S/C15H21N5O5S2/c1-26-3-2-6(16)10(21)14(12(24)25)4-7(27-13-18-5-19-20-13)8-9(11(22)23)15(8,14)17/h5-9H,2-4,16-17H2,1H3,(H,22,23)(H,24,25)(H,18,19,20). The lowest BCUT2D eigenvalue weighted by Crippen LogP contribution is -2.60. The number of carbonyl (C=O) groups excluding carboxylic acids is 1. The molecule has 0 spiro atoms. The first kappa shape index (κ1) is 20.1. The third-order valence-corrected chi connectivity index (χ3v) is 7.47. The van der Waals surface area contributed by atoms with Gasteiger partial charge in [-0.1, -0.05) is 11.8 Å². The summed E-state index contributed by atoms with van der Waals surface area (Å²) in [6.45, 7) is 0. The van der Waals surface area contributed by atoms with Crippen LogP contribution in [0.2, 0.25) is 0 Å². The molecule has 0 aliphatic heterocycles. The second-order valence-electron chi connectivity index (χ2n) is 6.89. The molecule has 2 fully saturated rings.